The van der Waals surface area contributed by atoms with E-state index in [0.717, 1.165) is 31.5 Å². The van der Waals surface area contributed by atoms with Crippen LogP contribution in [0.4, 0.5) is 30.8 Å². The van der Waals surface area contributed by atoms with Crippen LogP contribution in [0.5, 0.6) is 6.01 Å². The lowest BCUT2D eigenvalue weighted by atomic mass is 10.1. The number of carbonyl (C=O) groups excluding carboxylic acids is 1. The van der Waals surface area contributed by atoms with Gasteiger partial charge in [-0.1, -0.05) is 37.6 Å². The van der Waals surface area contributed by atoms with Gasteiger partial charge < -0.3 is 20.3 Å². The molecule has 0 radical (unpaired) electrons. The Morgan fingerprint density at radius 1 is 0.956 bits per heavy atom. The highest BCUT2D eigenvalue weighted by molar-refractivity contribution is 7.90. The standard InChI is InChI=1S/C29H33ClF3N7O4S/c1-3-40(4-2)17-27(13-14-27)23(41)39-45(42,43)22-11-9-21(10-12-22)34-24-35-25(37-26(36-24)44-18-29(31,32)33)38-28(15-16-28)19-5-7-20(30)8-6-19/h5-12H,3-4,13-18H2,1-2H3,(H,39,41)(H2,34,35,36,37,38). The monoisotopic (exact) mass is 667 g/mol. The van der Waals surface area contributed by atoms with Crippen molar-refractivity contribution < 1.29 is 31.1 Å². The number of hydrogen-bond donors (Lipinski definition) is 3. The maximum atomic E-state index is 13.0. The number of halogens is 4. The first-order chi connectivity index (χ1) is 21.2. The number of hydrogen-bond acceptors (Lipinski definition) is 10. The average Bonchev–Trinajstić information content (AvgIpc) is 3.92. The predicted molar refractivity (Wildman–Crippen MR) is 162 cm³/mol. The number of alkyl halides is 3. The van der Waals surface area contributed by atoms with Crippen molar-refractivity contribution in [3.05, 3.63) is 59.1 Å². The van der Waals surface area contributed by atoms with Crippen LogP contribution < -0.4 is 20.1 Å². The van der Waals surface area contributed by atoms with E-state index >= 15 is 0 Å². The highest BCUT2D eigenvalue weighted by Crippen LogP contribution is 2.48. The van der Waals surface area contributed by atoms with Gasteiger partial charge in [-0.2, -0.15) is 28.1 Å². The predicted octanol–water partition coefficient (Wildman–Crippen LogP) is 5.24. The van der Waals surface area contributed by atoms with E-state index in [1.165, 1.54) is 24.3 Å². The molecule has 3 N–H and O–H groups in total. The third kappa shape index (κ3) is 8.13. The van der Waals surface area contributed by atoms with Crippen molar-refractivity contribution >= 4 is 45.1 Å². The summed E-state index contributed by atoms with van der Waals surface area (Å²) in [5.41, 5.74) is -0.0128. The molecule has 242 valence electrons. The second-order valence-corrected chi connectivity index (χ2v) is 13.3. The number of rotatable bonds is 14. The van der Waals surface area contributed by atoms with Crippen LogP contribution in [0.1, 0.15) is 45.1 Å². The molecule has 11 nitrogen and oxygen atoms in total. The molecule has 1 heterocycles. The molecular formula is C29H33ClF3N7O4S. The van der Waals surface area contributed by atoms with E-state index in [2.05, 4.69) is 35.2 Å². The summed E-state index contributed by atoms with van der Waals surface area (Å²) in [6.45, 7) is 4.36. The van der Waals surface area contributed by atoms with E-state index in [1.54, 1.807) is 12.1 Å². The van der Waals surface area contributed by atoms with Crippen LogP contribution in [0.15, 0.2) is 53.4 Å². The molecule has 45 heavy (non-hydrogen) atoms. The largest absolute Gasteiger partial charge is 0.454 e. The van der Waals surface area contributed by atoms with Crippen molar-refractivity contribution in [2.24, 2.45) is 5.41 Å². The Morgan fingerprint density at radius 3 is 2.13 bits per heavy atom. The summed E-state index contributed by atoms with van der Waals surface area (Å²) in [5.74, 6) is -0.675. The van der Waals surface area contributed by atoms with Gasteiger partial charge in [-0.05, 0) is 80.7 Å². The summed E-state index contributed by atoms with van der Waals surface area (Å²) in [6.07, 6.45) is -1.93. The van der Waals surface area contributed by atoms with Crippen molar-refractivity contribution in [3.8, 4) is 6.01 Å². The van der Waals surface area contributed by atoms with Crippen molar-refractivity contribution in [2.45, 2.75) is 56.1 Å². The zero-order valence-corrected chi connectivity index (χ0v) is 26.2. The van der Waals surface area contributed by atoms with Crippen LogP contribution in [0.3, 0.4) is 0 Å². The zero-order chi connectivity index (χ0) is 32.5. The van der Waals surface area contributed by atoms with E-state index in [-0.39, 0.29) is 16.8 Å². The lowest BCUT2D eigenvalue weighted by Crippen LogP contribution is -2.42. The van der Waals surface area contributed by atoms with Crippen LogP contribution in [0, 0.1) is 5.41 Å². The number of carbonyl (C=O) groups is 1. The fourth-order valence-electron chi connectivity index (χ4n) is 4.89. The van der Waals surface area contributed by atoms with Crippen molar-refractivity contribution in [2.75, 3.05) is 36.9 Å². The van der Waals surface area contributed by atoms with Gasteiger partial charge in [0.2, 0.25) is 17.8 Å². The molecule has 1 aromatic heterocycles. The minimum absolute atomic E-state index is 0.0160. The van der Waals surface area contributed by atoms with E-state index in [9.17, 15) is 26.4 Å². The molecule has 2 aromatic carbocycles. The second-order valence-electron chi connectivity index (χ2n) is 11.2. The molecule has 0 bridgehead atoms. The molecule has 5 rings (SSSR count). The molecule has 0 atom stereocenters. The van der Waals surface area contributed by atoms with Crippen molar-refractivity contribution in [1.29, 1.82) is 0 Å². The number of benzene rings is 2. The quantitative estimate of drug-likeness (QED) is 0.209. The van der Waals surface area contributed by atoms with Gasteiger partial charge in [0.25, 0.3) is 10.0 Å². The summed E-state index contributed by atoms with van der Waals surface area (Å²) in [7, 11) is -4.15. The molecule has 2 aliphatic carbocycles. The number of aromatic nitrogens is 3. The van der Waals surface area contributed by atoms with Gasteiger partial charge in [0.05, 0.1) is 15.8 Å². The molecular weight excluding hydrogens is 635 g/mol. The lowest BCUT2D eigenvalue weighted by Gasteiger charge is -2.24. The first kappa shape index (κ1) is 32.7. The normalized spacial score (nSPS) is 16.6. The van der Waals surface area contributed by atoms with Gasteiger partial charge in [-0.25, -0.2) is 13.1 Å². The van der Waals surface area contributed by atoms with Crippen LogP contribution in [-0.2, 0) is 20.4 Å². The third-order valence-corrected chi connectivity index (χ3v) is 9.48. The molecule has 3 aromatic rings. The van der Waals surface area contributed by atoms with Crippen molar-refractivity contribution in [1.82, 2.24) is 24.6 Å². The molecule has 16 heteroatoms. The Morgan fingerprint density at radius 2 is 1.58 bits per heavy atom. The maximum Gasteiger partial charge on any atom is 0.422 e. The van der Waals surface area contributed by atoms with Crippen LogP contribution >= 0.6 is 11.6 Å². The molecule has 0 saturated heterocycles. The molecule has 2 saturated carbocycles. The van der Waals surface area contributed by atoms with Crippen LogP contribution in [-0.4, -0.2) is 66.6 Å². The number of nitrogens with one attached hydrogen (secondary N) is 3. The second kappa shape index (κ2) is 12.6. The smallest absolute Gasteiger partial charge is 0.422 e. The molecule has 2 aliphatic rings. The first-order valence-electron chi connectivity index (χ1n) is 14.4. The number of nitrogens with zero attached hydrogens (tertiary/aromatic N) is 4. The Hall–Kier alpha value is -3.69. The van der Waals surface area contributed by atoms with Crippen LogP contribution in [0.25, 0.3) is 0 Å². The number of sulfonamides is 1. The Balaban J connectivity index is 1.31. The summed E-state index contributed by atoms with van der Waals surface area (Å²) in [4.78, 5) is 27.2. The van der Waals surface area contributed by atoms with Gasteiger partial charge in [0, 0.05) is 17.3 Å². The fourth-order valence-corrected chi connectivity index (χ4v) is 6.09. The van der Waals surface area contributed by atoms with E-state index in [0.29, 0.717) is 30.1 Å². The Labute approximate surface area is 264 Å². The molecule has 0 spiro atoms. The lowest BCUT2D eigenvalue weighted by molar-refractivity contribution is -0.154. The minimum atomic E-state index is -4.61. The van der Waals surface area contributed by atoms with Crippen molar-refractivity contribution in [3.63, 3.8) is 0 Å². The maximum absolute atomic E-state index is 13.0. The summed E-state index contributed by atoms with van der Waals surface area (Å²) < 4.78 is 71.7. The highest BCUT2D eigenvalue weighted by Gasteiger charge is 2.51. The Bertz CT molecular complexity index is 1630. The van der Waals surface area contributed by atoms with Gasteiger partial charge in [-0.3, -0.25) is 4.79 Å². The molecule has 0 aliphatic heterocycles. The van der Waals surface area contributed by atoms with Gasteiger partial charge in [-0.15, -0.1) is 0 Å². The molecule has 0 unspecified atom stereocenters. The Kier molecular flexibility index (Phi) is 9.16. The fraction of sp³-hybridized carbons (Fsp3) is 0.448. The van der Waals surface area contributed by atoms with E-state index in [1.807, 2.05) is 26.0 Å². The topological polar surface area (TPSA) is 138 Å². The van der Waals surface area contributed by atoms with Gasteiger partial charge >= 0.3 is 12.2 Å². The summed E-state index contributed by atoms with van der Waals surface area (Å²) >= 11 is 6.01. The van der Waals surface area contributed by atoms with Crippen LogP contribution in [0.2, 0.25) is 5.02 Å². The summed E-state index contributed by atoms with van der Waals surface area (Å²) in [5, 5.41) is 6.60. The zero-order valence-electron chi connectivity index (χ0n) is 24.6. The number of ether oxygens (including phenoxy) is 1. The first-order valence-corrected chi connectivity index (χ1v) is 16.3. The number of amides is 1. The van der Waals surface area contributed by atoms with Gasteiger partial charge in [0.1, 0.15) is 0 Å². The van der Waals surface area contributed by atoms with Gasteiger partial charge in [0.15, 0.2) is 6.61 Å². The number of anilines is 3. The van der Waals surface area contributed by atoms with E-state index in [4.69, 9.17) is 16.3 Å². The molecule has 2 fully saturated rings. The third-order valence-electron chi connectivity index (χ3n) is 7.88. The highest BCUT2D eigenvalue weighted by atomic mass is 35.5. The summed E-state index contributed by atoms with van der Waals surface area (Å²) in [6, 6.07) is 12.0. The molecule has 1 amide bonds. The SMILES string of the molecule is CCN(CC)CC1(C(=O)NS(=O)(=O)c2ccc(Nc3nc(NC4(c5ccc(Cl)cc5)CC4)nc(OCC(F)(F)F)n3)cc2)CC1. The van der Waals surface area contributed by atoms with E-state index < -0.39 is 45.7 Å². The minimum Gasteiger partial charge on any atom is -0.454 e. The average molecular weight is 668 g/mol.